The summed E-state index contributed by atoms with van der Waals surface area (Å²) in [6, 6.07) is 1.74. The molecule has 2 heterocycles. The molecular weight excluding hydrogens is 266 g/mol. The molecule has 1 aliphatic heterocycles. The summed E-state index contributed by atoms with van der Waals surface area (Å²) in [5, 5.41) is 5.90. The SMILES string of the molecule is CC#CC(=O)N[C@@H]1CCC(=O)N[C@H]1c1cc(C)n(C)c1C. The number of hydrogen-bond donors (Lipinski definition) is 2. The van der Waals surface area contributed by atoms with Gasteiger partial charge in [-0.15, -0.1) is 0 Å². The second-order valence-corrected chi connectivity index (χ2v) is 5.42. The molecule has 1 aromatic rings. The lowest BCUT2D eigenvalue weighted by atomic mass is 9.92. The van der Waals surface area contributed by atoms with E-state index in [1.54, 1.807) is 6.92 Å². The van der Waals surface area contributed by atoms with Crippen molar-refractivity contribution < 1.29 is 9.59 Å². The standard InChI is InChI=1S/C16H21N3O2/c1-5-6-14(20)17-13-7-8-15(21)18-16(13)12-9-10(2)19(4)11(12)3/h9,13,16H,7-8H2,1-4H3,(H,17,20)(H,18,21)/t13-,16+/m1/s1. The van der Waals surface area contributed by atoms with E-state index in [2.05, 4.69) is 33.1 Å². The van der Waals surface area contributed by atoms with Crippen LogP contribution in [-0.4, -0.2) is 22.4 Å². The summed E-state index contributed by atoms with van der Waals surface area (Å²) < 4.78 is 2.08. The number of nitrogens with zero attached hydrogens (tertiary/aromatic N) is 1. The highest BCUT2D eigenvalue weighted by Crippen LogP contribution is 2.28. The summed E-state index contributed by atoms with van der Waals surface area (Å²) >= 11 is 0. The zero-order chi connectivity index (χ0) is 15.6. The Labute approximate surface area is 125 Å². The molecule has 5 heteroatoms. The number of aryl methyl sites for hydroxylation is 1. The molecule has 5 nitrogen and oxygen atoms in total. The van der Waals surface area contributed by atoms with Gasteiger partial charge in [-0.2, -0.15) is 0 Å². The summed E-state index contributed by atoms with van der Waals surface area (Å²) in [6.07, 6.45) is 1.05. The maximum atomic E-state index is 11.7. The highest BCUT2D eigenvalue weighted by atomic mass is 16.2. The molecule has 0 aromatic carbocycles. The van der Waals surface area contributed by atoms with Crippen molar-refractivity contribution in [1.29, 1.82) is 0 Å². The minimum Gasteiger partial charge on any atom is -0.352 e. The van der Waals surface area contributed by atoms with E-state index in [0.29, 0.717) is 12.8 Å². The highest BCUT2D eigenvalue weighted by Gasteiger charge is 2.32. The molecule has 2 amide bonds. The molecule has 1 aromatic heterocycles. The van der Waals surface area contributed by atoms with Crippen LogP contribution < -0.4 is 10.6 Å². The monoisotopic (exact) mass is 287 g/mol. The summed E-state index contributed by atoms with van der Waals surface area (Å²) in [5.74, 6) is 4.80. The van der Waals surface area contributed by atoms with Crippen molar-refractivity contribution in [2.75, 3.05) is 0 Å². The van der Waals surface area contributed by atoms with E-state index in [1.807, 2.05) is 20.9 Å². The van der Waals surface area contributed by atoms with E-state index in [-0.39, 0.29) is 23.9 Å². The predicted molar refractivity (Wildman–Crippen MR) is 80.4 cm³/mol. The van der Waals surface area contributed by atoms with E-state index in [4.69, 9.17) is 0 Å². The Bertz CT molecular complexity index is 634. The Kier molecular flexibility index (Phi) is 4.37. The van der Waals surface area contributed by atoms with E-state index in [1.165, 1.54) is 0 Å². The molecule has 112 valence electrons. The van der Waals surface area contributed by atoms with E-state index in [9.17, 15) is 9.59 Å². The normalized spacial score (nSPS) is 21.2. The molecule has 0 radical (unpaired) electrons. The Hall–Kier alpha value is -2.22. The number of rotatable bonds is 2. The molecule has 1 saturated heterocycles. The molecule has 21 heavy (non-hydrogen) atoms. The van der Waals surface area contributed by atoms with Crippen LogP contribution in [0.1, 0.15) is 42.8 Å². The molecule has 0 saturated carbocycles. The first-order valence-corrected chi connectivity index (χ1v) is 7.09. The number of hydrogen-bond acceptors (Lipinski definition) is 2. The van der Waals surface area contributed by atoms with Crippen LogP contribution in [0.5, 0.6) is 0 Å². The minimum atomic E-state index is -0.297. The van der Waals surface area contributed by atoms with Crippen LogP contribution in [0.15, 0.2) is 6.07 Å². The quantitative estimate of drug-likeness (QED) is 0.800. The van der Waals surface area contributed by atoms with Crippen molar-refractivity contribution in [3.63, 3.8) is 0 Å². The van der Waals surface area contributed by atoms with Gasteiger partial charge in [0, 0.05) is 24.9 Å². The molecule has 0 aliphatic carbocycles. The van der Waals surface area contributed by atoms with Crippen molar-refractivity contribution in [3.8, 4) is 11.8 Å². The summed E-state index contributed by atoms with van der Waals surface area (Å²) in [5.41, 5.74) is 3.28. The fourth-order valence-electron chi connectivity index (χ4n) is 2.77. The van der Waals surface area contributed by atoms with Gasteiger partial charge < -0.3 is 15.2 Å². The van der Waals surface area contributed by atoms with Gasteiger partial charge in [-0.1, -0.05) is 5.92 Å². The highest BCUT2D eigenvalue weighted by molar-refractivity contribution is 5.93. The summed E-state index contributed by atoms with van der Waals surface area (Å²) in [7, 11) is 2.00. The molecule has 1 fully saturated rings. The van der Waals surface area contributed by atoms with Crippen LogP contribution >= 0.6 is 0 Å². The fourth-order valence-corrected chi connectivity index (χ4v) is 2.77. The largest absolute Gasteiger partial charge is 0.352 e. The first kappa shape index (κ1) is 15.2. The first-order valence-electron chi connectivity index (χ1n) is 7.09. The van der Waals surface area contributed by atoms with Crippen molar-refractivity contribution >= 4 is 11.8 Å². The fraction of sp³-hybridized carbons (Fsp3) is 0.500. The topological polar surface area (TPSA) is 63.1 Å². The summed E-state index contributed by atoms with van der Waals surface area (Å²) in [6.45, 7) is 5.68. The second-order valence-electron chi connectivity index (χ2n) is 5.42. The Morgan fingerprint density at radius 3 is 2.76 bits per heavy atom. The number of amides is 2. The third-order valence-corrected chi connectivity index (χ3v) is 4.11. The van der Waals surface area contributed by atoms with Gasteiger partial charge in [0.2, 0.25) is 5.91 Å². The average Bonchev–Trinajstić information content (AvgIpc) is 2.69. The van der Waals surface area contributed by atoms with Gasteiger partial charge in [0.15, 0.2) is 0 Å². The van der Waals surface area contributed by atoms with Crippen LogP contribution in [0, 0.1) is 25.7 Å². The third-order valence-electron chi connectivity index (χ3n) is 4.11. The molecule has 0 spiro atoms. The molecule has 0 unspecified atom stereocenters. The maximum absolute atomic E-state index is 11.7. The number of carbonyl (C=O) groups is 2. The Morgan fingerprint density at radius 2 is 2.19 bits per heavy atom. The van der Waals surface area contributed by atoms with Crippen molar-refractivity contribution in [2.24, 2.45) is 7.05 Å². The Balaban J connectivity index is 2.30. The molecule has 1 aliphatic rings. The van der Waals surface area contributed by atoms with Gasteiger partial charge in [0.25, 0.3) is 5.91 Å². The number of carbonyl (C=O) groups excluding carboxylic acids is 2. The van der Waals surface area contributed by atoms with Gasteiger partial charge in [-0.3, -0.25) is 9.59 Å². The van der Waals surface area contributed by atoms with Crippen LogP contribution in [0.4, 0.5) is 0 Å². The van der Waals surface area contributed by atoms with Crippen LogP contribution in [0.25, 0.3) is 0 Å². The van der Waals surface area contributed by atoms with Gasteiger partial charge in [-0.25, -0.2) is 0 Å². The average molecular weight is 287 g/mol. The lowest BCUT2D eigenvalue weighted by Crippen LogP contribution is -2.50. The Morgan fingerprint density at radius 1 is 1.48 bits per heavy atom. The summed E-state index contributed by atoms with van der Waals surface area (Å²) in [4.78, 5) is 23.5. The predicted octanol–water partition coefficient (Wildman–Crippen LogP) is 1.10. The zero-order valence-electron chi connectivity index (χ0n) is 12.9. The maximum Gasteiger partial charge on any atom is 0.296 e. The van der Waals surface area contributed by atoms with Gasteiger partial charge in [0.1, 0.15) is 0 Å². The molecular formula is C16H21N3O2. The lowest BCUT2D eigenvalue weighted by Gasteiger charge is -2.32. The first-order chi connectivity index (χ1) is 9.93. The van der Waals surface area contributed by atoms with Crippen LogP contribution in [0.3, 0.4) is 0 Å². The molecule has 2 rings (SSSR count). The van der Waals surface area contributed by atoms with E-state index in [0.717, 1.165) is 17.0 Å². The van der Waals surface area contributed by atoms with Gasteiger partial charge >= 0.3 is 0 Å². The molecule has 0 bridgehead atoms. The number of nitrogens with one attached hydrogen (secondary N) is 2. The van der Waals surface area contributed by atoms with Crippen molar-refractivity contribution in [2.45, 2.75) is 45.7 Å². The van der Waals surface area contributed by atoms with Gasteiger partial charge in [-0.05, 0) is 44.7 Å². The second kappa shape index (κ2) is 6.04. The van der Waals surface area contributed by atoms with Gasteiger partial charge in [0.05, 0.1) is 12.1 Å². The zero-order valence-corrected chi connectivity index (χ0v) is 12.9. The minimum absolute atomic E-state index is 0.0213. The number of piperidine rings is 1. The third kappa shape index (κ3) is 3.10. The number of aromatic nitrogens is 1. The molecule has 2 N–H and O–H groups in total. The van der Waals surface area contributed by atoms with Crippen molar-refractivity contribution in [3.05, 3.63) is 23.0 Å². The molecule has 2 atom stereocenters. The lowest BCUT2D eigenvalue weighted by molar-refractivity contribution is -0.125. The van der Waals surface area contributed by atoms with E-state index < -0.39 is 0 Å². The van der Waals surface area contributed by atoms with Crippen LogP contribution in [-0.2, 0) is 16.6 Å². The van der Waals surface area contributed by atoms with Crippen molar-refractivity contribution in [1.82, 2.24) is 15.2 Å². The van der Waals surface area contributed by atoms with Crippen LogP contribution in [0.2, 0.25) is 0 Å². The smallest absolute Gasteiger partial charge is 0.296 e. The van der Waals surface area contributed by atoms with E-state index >= 15 is 0 Å².